The number of allylic oxidation sites excluding steroid dienone is 5. The number of hydrogen-bond donors (Lipinski definition) is 1. The number of phenols is 1. The maximum absolute atomic E-state index is 15.1. The number of carbonyl (C=O) groups excluding carboxylic acids is 4. The number of ether oxygens (including phenoxy) is 2. The molecule has 0 bridgehead atoms. The molecule has 6 atom stereocenters. The summed E-state index contributed by atoms with van der Waals surface area (Å²) in [6.45, 7) is 0. The minimum atomic E-state index is -1.42. The number of benzene rings is 4. The Bertz CT molecular complexity index is 2340. The number of imide groups is 1. The largest absolute Gasteiger partial charge is 0.502 e. The van der Waals surface area contributed by atoms with Crippen molar-refractivity contribution in [2.24, 2.45) is 29.6 Å². The summed E-state index contributed by atoms with van der Waals surface area (Å²) < 4.78 is 10.8. The number of nitro groups is 1. The van der Waals surface area contributed by atoms with E-state index in [1.165, 1.54) is 44.6 Å². The van der Waals surface area contributed by atoms with Crippen molar-refractivity contribution in [2.75, 3.05) is 19.1 Å². The fraction of sp³-hybridized carbons (Fsp3) is 0.227. The van der Waals surface area contributed by atoms with E-state index in [4.69, 9.17) is 9.47 Å². The van der Waals surface area contributed by atoms with Crippen LogP contribution in [0.3, 0.4) is 0 Å². The first-order valence-electron chi connectivity index (χ1n) is 18.0. The van der Waals surface area contributed by atoms with Crippen molar-refractivity contribution in [1.29, 1.82) is 0 Å². The van der Waals surface area contributed by atoms with Gasteiger partial charge in [0.1, 0.15) is 0 Å². The van der Waals surface area contributed by atoms with E-state index in [0.29, 0.717) is 16.7 Å². The number of Topliss-reactive ketones (excluding diaryl/α,β-unsaturated/α-hetero) is 1. The third-order valence-electron chi connectivity index (χ3n) is 11.7. The lowest BCUT2D eigenvalue weighted by Crippen LogP contribution is -2.59. The molecule has 3 aliphatic carbocycles. The van der Waals surface area contributed by atoms with Crippen molar-refractivity contribution in [3.05, 3.63) is 148 Å². The highest BCUT2D eigenvalue weighted by Crippen LogP contribution is 2.61. The van der Waals surface area contributed by atoms with Gasteiger partial charge in [-0.2, -0.15) is 0 Å². The lowest BCUT2D eigenvalue weighted by atomic mass is 9.45. The normalized spacial score (nSPS) is 25.9. The van der Waals surface area contributed by atoms with Crippen molar-refractivity contribution in [3.63, 3.8) is 0 Å². The molecule has 55 heavy (non-hydrogen) atoms. The van der Waals surface area contributed by atoms with E-state index >= 15 is 9.59 Å². The van der Waals surface area contributed by atoms with Crippen LogP contribution in [-0.4, -0.2) is 47.6 Å². The van der Waals surface area contributed by atoms with Crippen LogP contribution in [0.5, 0.6) is 17.2 Å². The molecule has 0 unspecified atom stereocenters. The zero-order chi connectivity index (χ0) is 38.6. The predicted octanol–water partition coefficient (Wildman–Crippen LogP) is 6.89. The topological polar surface area (TPSA) is 153 Å². The first-order valence-corrected chi connectivity index (χ1v) is 18.0. The summed E-state index contributed by atoms with van der Waals surface area (Å²) in [5, 5.41) is 22.3. The van der Waals surface area contributed by atoms with Crippen LogP contribution in [0, 0.1) is 39.7 Å². The average molecular weight is 737 g/mol. The highest BCUT2D eigenvalue weighted by molar-refractivity contribution is 6.31. The van der Waals surface area contributed by atoms with Crippen LogP contribution in [0.2, 0.25) is 0 Å². The van der Waals surface area contributed by atoms with E-state index in [0.717, 1.165) is 10.5 Å². The van der Waals surface area contributed by atoms with Gasteiger partial charge in [0.2, 0.25) is 17.6 Å². The third-order valence-corrected chi connectivity index (χ3v) is 11.7. The molecule has 0 aromatic heterocycles. The zero-order valence-electron chi connectivity index (χ0n) is 30.0. The number of rotatable bonds is 8. The molecule has 11 heteroatoms. The summed E-state index contributed by atoms with van der Waals surface area (Å²) in [5.41, 5.74) is 1.31. The molecular formula is C44H36N2O9. The number of amides is 2. The summed E-state index contributed by atoms with van der Waals surface area (Å²) in [7, 11) is 2.84. The zero-order valence-corrected chi connectivity index (χ0v) is 30.0. The quantitative estimate of drug-likeness (QED) is 0.0882. The fourth-order valence-electron chi connectivity index (χ4n) is 9.34. The van der Waals surface area contributed by atoms with Crippen LogP contribution in [0.1, 0.15) is 29.5 Å². The third kappa shape index (κ3) is 5.48. The van der Waals surface area contributed by atoms with Crippen LogP contribution in [-0.2, 0) is 24.6 Å². The van der Waals surface area contributed by atoms with E-state index in [-0.39, 0.29) is 58.6 Å². The number of fused-ring (bicyclic) bond motifs is 4. The van der Waals surface area contributed by atoms with Gasteiger partial charge in [0, 0.05) is 29.5 Å². The highest BCUT2D eigenvalue weighted by atomic mass is 16.6. The number of non-ortho nitro benzene ring substituents is 1. The summed E-state index contributed by atoms with van der Waals surface area (Å²) in [6.07, 6.45) is 7.36. The number of nitro benzene ring substituents is 1. The minimum Gasteiger partial charge on any atom is -0.502 e. The summed E-state index contributed by atoms with van der Waals surface area (Å²) in [5.74, 6) is -5.24. The molecule has 4 aromatic carbocycles. The van der Waals surface area contributed by atoms with Crippen LogP contribution in [0.15, 0.2) is 121 Å². The Morgan fingerprint density at radius 1 is 0.855 bits per heavy atom. The fourth-order valence-corrected chi connectivity index (χ4v) is 9.34. The Hall–Kier alpha value is -6.62. The second kappa shape index (κ2) is 13.7. The molecule has 1 aliphatic heterocycles. The first kappa shape index (κ1) is 35.4. The number of hydrogen-bond acceptors (Lipinski definition) is 9. The lowest BCUT2D eigenvalue weighted by molar-refractivity contribution is -0.384. The van der Waals surface area contributed by atoms with Gasteiger partial charge in [-0.25, -0.2) is 4.90 Å². The lowest BCUT2D eigenvalue weighted by Gasteiger charge is -2.54. The molecule has 0 radical (unpaired) electrons. The van der Waals surface area contributed by atoms with Gasteiger partial charge in [0.25, 0.3) is 5.69 Å². The highest BCUT2D eigenvalue weighted by Gasteiger charge is 2.65. The monoisotopic (exact) mass is 736 g/mol. The van der Waals surface area contributed by atoms with E-state index in [1.807, 2.05) is 48.6 Å². The molecule has 0 spiro atoms. The van der Waals surface area contributed by atoms with Gasteiger partial charge in [-0.15, -0.1) is 0 Å². The van der Waals surface area contributed by atoms with Crippen LogP contribution >= 0.6 is 0 Å². The number of aromatic hydroxyl groups is 1. The van der Waals surface area contributed by atoms with E-state index in [1.54, 1.807) is 42.5 Å². The van der Waals surface area contributed by atoms with Gasteiger partial charge in [0.05, 0.1) is 42.1 Å². The van der Waals surface area contributed by atoms with Crippen molar-refractivity contribution in [2.45, 2.75) is 18.3 Å². The number of methoxy groups -OCH3 is 2. The molecule has 2 fully saturated rings. The number of phenolic OH excluding ortho intramolecular Hbond substituents is 1. The first-order chi connectivity index (χ1) is 26.6. The molecule has 8 rings (SSSR count). The molecule has 1 saturated heterocycles. The standard InChI is InChI=1S/C44H36N2O9/c1-54-36-20-25(21-37(55-2)41(36)49)16-19-34-30-17-18-31-39(43(51)45(42(31)50)28-14-9-15-29(22-28)46(52)53)33(30)23-35-40(48)32(26-10-5-3-6-11-26)24-38(47)44(34,35)27-12-7-4-8-13-27/h3-17,19-22,24,31,33-35,39,49H,18,23H2,1-2H3/t31-,33+,34-,35-,39-,44-/m0/s1. The molecule has 2 amide bonds. The SMILES string of the molecule is COc1cc(C=C[C@H]2C3=CC[C@@H]4C(=O)N(c5cccc([N+](=O)[O-])c5)C(=O)[C@@H]4[C@@H]3C[C@H]3C(=O)C(c4ccccc4)=CC(=O)[C@@]23c2ccccc2)cc(OC)c1O. The minimum absolute atomic E-state index is 0.111. The summed E-state index contributed by atoms with van der Waals surface area (Å²) in [4.78, 5) is 71.0. The predicted molar refractivity (Wildman–Crippen MR) is 203 cm³/mol. The Morgan fingerprint density at radius 2 is 1.53 bits per heavy atom. The van der Waals surface area contributed by atoms with Gasteiger partial charge >= 0.3 is 0 Å². The Labute approximate surface area is 316 Å². The smallest absolute Gasteiger partial charge is 0.271 e. The Kier molecular flexibility index (Phi) is 8.79. The van der Waals surface area contributed by atoms with E-state index in [2.05, 4.69) is 0 Å². The molecule has 4 aliphatic rings. The Balaban J connectivity index is 1.32. The molecule has 11 nitrogen and oxygen atoms in total. The second-order valence-electron chi connectivity index (χ2n) is 14.3. The van der Waals surface area contributed by atoms with Gasteiger partial charge < -0.3 is 14.6 Å². The molecule has 1 N–H and O–H groups in total. The van der Waals surface area contributed by atoms with Crippen molar-refractivity contribution in [3.8, 4) is 17.2 Å². The van der Waals surface area contributed by atoms with E-state index in [9.17, 15) is 24.8 Å². The maximum atomic E-state index is 15.1. The van der Waals surface area contributed by atoms with Crippen molar-refractivity contribution < 1.29 is 38.7 Å². The van der Waals surface area contributed by atoms with Gasteiger partial charge in [-0.3, -0.25) is 29.3 Å². The van der Waals surface area contributed by atoms with Crippen molar-refractivity contribution >= 4 is 46.4 Å². The molecule has 1 saturated carbocycles. The number of ketones is 2. The number of anilines is 1. The van der Waals surface area contributed by atoms with Gasteiger partial charge in [0.15, 0.2) is 23.1 Å². The molecular weight excluding hydrogens is 700 g/mol. The summed E-state index contributed by atoms with van der Waals surface area (Å²) >= 11 is 0. The van der Waals surface area contributed by atoms with Crippen LogP contribution in [0.25, 0.3) is 11.6 Å². The maximum Gasteiger partial charge on any atom is 0.271 e. The van der Waals surface area contributed by atoms with E-state index < -0.39 is 51.7 Å². The van der Waals surface area contributed by atoms with Gasteiger partial charge in [-0.05, 0) is 59.7 Å². The number of nitrogens with zero attached hydrogens (tertiary/aromatic N) is 2. The van der Waals surface area contributed by atoms with Gasteiger partial charge in [-0.1, -0.05) is 90.5 Å². The van der Waals surface area contributed by atoms with Crippen molar-refractivity contribution in [1.82, 2.24) is 0 Å². The molecule has 1 heterocycles. The van der Waals surface area contributed by atoms with Crippen LogP contribution in [0.4, 0.5) is 11.4 Å². The summed E-state index contributed by atoms with van der Waals surface area (Å²) in [6, 6.07) is 26.9. The number of carbonyl (C=O) groups is 4. The average Bonchev–Trinajstić information content (AvgIpc) is 3.47. The molecule has 4 aromatic rings. The van der Waals surface area contributed by atoms with Crippen LogP contribution < -0.4 is 14.4 Å². The second-order valence-corrected chi connectivity index (χ2v) is 14.3. The Morgan fingerprint density at radius 3 is 2.18 bits per heavy atom. The molecule has 276 valence electrons.